The van der Waals surface area contributed by atoms with Gasteiger partial charge in [-0.25, -0.2) is 0 Å². The van der Waals surface area contributed by atoms with Gasteiger partial charge in [0.1, 0.15) is 5.75 Å². The van der Waals surface area contributed by atoms with Crippen LogP contribution in [0.5, 0.6) is 11.5 Å². The lowest BCUT2D eigenvalue weighted by Gasteiger charge is -2.09. The Balaban J connectivity index is 2.04. The van der Waals surface area contributed by atoms with Crippen LogP contribution in [0.25, 0.3) is 0 Å². The number of benzene rings is 2. The zero-order valence-electron chi connectivity index (χ0n) is 12.1. The predicted octanol–water partition coefficient (Wildman–Crippen LogP) is 2.34. The van der Waals surface area contributed by atoms with Gasteiger partial charge in [0.05, 0.1) is 12.0 Å². The number of non-ortho nitro benzene ring substituents is 1. The van der Waals surface area contributed by atoms with Gasteiger partial charge in [-0.05, 0) is 23.6 Å². The SMILES string of the molecule is COc1ccccc1CCN=Cc1cc([N+](=O)[O-])ccc1[O-]. The molecule has 0 radical (unpaired) electrons. The molecule has 0 spiro atoms. The fourth-order valence-electron chi connectivity index (χ4n) is 2.01. The summed E-state index contributed by atoms with van der Waals surface area (Å²) in [6.07, 6.45) is 2.04. The highest BCUT2D eigenvalue weighted by Gasteiger charge is 2.05. The van der Waals surface area contributed by atoms with E-state index in [2.05, 4.69) is 4.99 Å². The van der Waals surface area contributed by atoms with E-state index in [0.717, 1.165) is 11.3 Å². The van der Waals surface area contributed by atoms with E-state index in [-0.39, 0.29) is 17.0 Å². The van der Waals surface area contributed by atoms with Gasteiger partial charge in [0, 0.05) is 24.9 Å². The van der Waals surface area contributed by atoms with E-state index in [1.165, 1.54) is 24.4 Å². The largest absolute Gasteiger partial charge is 0.872 e. The van der Waals surface area contributed by atoms with Gasteiger partial charge < -0.3 is 9.84 Å². The van der Waals surface area contributed by atoms with Crippen LogP contribution in [-0.2, 0) is 6.42 Å². The van der Waals surface area contributed by atoms with Crippen LogP contribution in [0.2, 0.25) is 0 Å². The standard InChI is InChI=1S/C16H16N2O4/c1-22-16-5-3-2-4-12(16)8-9-17-11-13-10-14(18(20)21)6-7-15(13)19/h2-7,10-11,19H,8-9H2,1H3/p-1. The number of ether oxygens (including phenoxy) is 1. The molecule has 0 N–H and O–H groups in total. The highest BCUT2D eigenvalue weighted by Crippen LogP contribution is 2.20. The topological polar surface area (TPSA) is 87.8 Å². The van der Waals surface area contributed by atoms with Crippen molar-refractivity contribution in [3.8, 4) is 11.5 Å². The number of para-hydroxylation sites is 1. The molecule has 0 aromatic heterocycles. The first kappa shape index (κ1) is 15.5. The molecule has 0 saturated carbocycles. The molecule has 0 unspecified atom stereocenters. The highest BCUT2D eigenvalue weighted by molar-refractivity contribution is 5.84. The number of aliphatic imine (C=N–C) groups is 1. The number of methoxy groups -OCH3 is 1. The zero-order valence-corrected chi connectivity index (χ0v) is 12.1. The molecule has 6 heteroatoms. The van der Waals surface area contributed by atoms with Gasteiger partial charge in [-0.3, -0.25) is 15.1 Å². The molecular formula is C16H15N2O4-. The number of rotatable bonds is 6. The van der Waals surface area contributed by atoms with E-state index in [9.17, 15) is 15.2 Å². The van der Waals surface area contributed by atoms with E-state index in [4.69, 9.17) is 4.74 Å². The van der Waals surface area contributed by atoms with Crippen LogP contribution in [0, 0.1) is 10.1 Å². The van der Waals surface area contributed by atoms with Crippen molar-refractivity contribution in [2.75, 3.05) is 13.7 Å². The van der Waals surface area contributed by atoms with Crippen LogP contribution < -0.4 is 9.84 Å². The van der Waals surface area contributed by atoms with Crippen LogP contribution in [0.4, 0.5) is 5.69 Å². The van der Waals surface area contributed by atoms with E-state index in [0.29, 0.717) is 13.0 Å². The molecule has 2 rings (SSSR count). The first-order valence-corrected chi connectivity index (χ1v) is 6.69. The molecule has 0 aliphatic heterocycles. The Hall–Kier alpha value is -2.89. The van der Waals surface area contributed by atoms with Crippen molar-refractivity contribution in [3.63, 3.8) is 0 Å². The Morgan fingerprint density at radius 1 is 1.27 bits per heavy atom. The van der Waals surface area contributed by atoms with Crippen LogP contribution in [0.3, 0.4) is 0 Å². The molecule has 0 aliphatic rings. The highest BCUT2D eigenvalue weighted by atomic mass is 16.6. The summed E-state index contributed by atoms with van der Waals surface area (Å²) < 4.78 is 5.25. The maximum Gasteiger partial charge on any atom is 0.270 e. The van der Waals surface area contributed by atoms with Gasteiger partial charge in [-0.1, -0.05) is 30.0 Å². The number of nitrogens with zero attached hydrogens (tertiary/aromatic N) is 2. The van der Waals surface area contributed by atoms with Crippen LogP contribution >= 0.6 is 0 Å². The van der Waals surface area contributed by atoms with Crippen LogP contribution in [0.1, 0.15) is 11.1 Å². The molecular weight excluding hydrogens is 284 g/mol. The molecule has 6 nitrogen and oxygen atoms in total. The summed E-state index contributed by atoms with van der Waals surface area (Å²) in [5.74, 6) is 0.504. The number of nitro benzene ring substituents is 1. The van der Waals surface area contributed by atoms with E-state index in [1.54, 1.807) is 7.11 Å². The maximum atomic E-state index is 11.6. The summed E-state index contributed by atoms with van der Waals surface area (Å²) in [6.45, 7) is 0.461. The lowest BCUT2D eigenvalue weighted by atomic mass is 10.1. The second-order valence-corrected chi connectivity index (χ2v) is 4.58. The lowest BCUT2D eigenvalue weighted by molar-refractivity contribution is -0.385. The Labute approximate surface area is 127 Å². The van der Waals surface area contributed by atoms with E-state index >= 15 is 0 Å². The first-order valence-electron chi connectivity index (χ1n) is 6.69. The third-order valence-corrected chi connectivity index (χ3v) is 3.14. The minimum Gasteiger partial charge on any atom is -0.872 e. The normalized spacial score (nSPS) is 10.8. The summed E-state index contributed by atoms with van der Waals surface area (Å²) >= 11 is 0. The van der Waals surface area contributed by atoms with Crippen LogP contribution in [-0.4, -0.2) is 24.8 Å². The molecule has 22 heavy (non-hydrogen) atoms. The zero-order chi connectivity index (χ0) is 15.9. The van der Waals surface area contributed by atoms with Gasteiger partial charge in [0.25, 0.3) is 5.69 Å². The van der Waals surface area contributed by atoms with Crippen molar-refractivity contribution >= 4 is 11.9 Å². The van der Waals surface area contributed by atoms with Gasteiger partial charge in [-0.2, -0.15) is 0 Å². The average molecular weight is 299 g/mol. The quantitative estimate of drug-likeness (QED) is 0.465. The van der Waals surface area contributed by atoms with Gasteiger partial charge in [0.15, 0.2) is 0 Å². The van der Waals surface area contributed by atoms with Gasteiger partial charge >= 0.3 is 0 Å². The van der Waals surface area contributed by atoms with E-state index in [1.807, 2.05) is 24.3 Å². The molecule has 114 valence electrons. The molecule has 0 fully saturated rings. The predicted molar refractivity (Wildman–Crippen MR) is 81.7 cm³/mol. The van der Waals surface area contributed by atoms with Crippen molar-refractivity contribution in [2.24, 2.45) is 4.99 Å². The second-order valence-electron chi connectivity index (χ2n) is 4.58. The first-order chi connectivity index (χ1) is 10.6. The monoisotopic (exact) mass is 299 g/mol. The summed E-state index contributed by atoms with van der Waals surface area (Å²) in [5, 5.41) is 22.3. The molecule has 0 saturated heterocycles. The summed E-state index contributed by atoms with van der Waals surface area (Å²) in [5.41, 5.74) is 1.11. The fraction of sp³-hybridized carbons (Fsp3) is 0.188. The van der Waals surface area contributed by atoms with Crippen LogP contribution in [0.15, 0.2) is 47.5 Å². The molecule has 0 amide bonds. The fourth-order valence-corrected chi connectivity index (χ4v) is 2.01. The summed E-state index contributed by atoms with van der Waals surface area (Å²) in [4.78, 5) is 14.3. The van der Waals surface area contributed by atoms with Crippen molar-refractivity contribution in [2.45, 2.75) is 6.42 Å². The molecule has 0 bridgehead atoms. The molecule has 0 atom stereocenters. The summed E-state index contributed by atoms with van der Waals surface area (Å²) in [6, 6.07) is 11.2. The molecule has 2 aromatic carbocycles. The Morgan fingerprint density at radius 3 is 2.77 bits per heavy atom. The Kier molecular flexibility index (Phi) is 5.08. The van der Waals surface area contributed by atoms with Crippen molar-refractivity contribution in [1.82, 2.24) is 0 Å². The second kappa shape index (κ2) is 7.21. The third kappa shape index (κ3) is 3.82. The van der Waals surface area contributed by atoms with Gasteiger partial charge in [-0.15, -0.1) is 0 Å². The van der Waals surface area contributed by atoms with Crippen molar-refractivity contribution in [3.05, 3.63) is 63.7 Å². The molecule has 2 aromatic rings. The number of hydrogen-bond donors (Lipinski definition) is 0. The molecule has 0 aliphatic carbocycles. The van der Waals surface area contributed by atoms with E-state index < -0.39 is 4.92 Å². The summed E-state index contributed by atoms with van der Waals surface area (Å²) in [7, 11) is 1.61. The Bertz CT molecular complexity index is 698. The number of hydrogen-bond acceptors (Lipinski definition) is 5. The third-order valence-electron chi connectivity index (χ3n) is 3.14. The Morgan fingerprint density at radius 2 is 2.05 bits per heavy atom. The van der Waals surface area contributed by atoms with Crippen molar-refractivity contribution in [1.29, 1.82) is 0 Å². The molecule has 0 heterocycles. The average Bonchev–Trinajstić information content (AvgIpc) is 2.53. The van der Waals surface area contributed by atoms with Crippen molar-refractivity contribution < 1.29 is 14.8 Å². The number of nitro groups is 1. The lowest BCUT2D eigenvalue weighted by Crippen LogP contribution is -1.99. The van der Waals surface area contributed by atoms with Gasteiger partial charge in [0.2, 0.25) is 0 Å². The minimum atomic E-state index is -0.536. The maximum absolute atomic E-state index is 11.6. The minimum absolute atomic E-state index is 0.120. The smallest absolute Gasteiger partial charge is 0.270 e.